The van der Waals surface area contributed by atoms with Crippen molar-refractivity contribution in [3.05, 3.63) is 35.2 Å². The molecule has 0 radical (unpaired) electrons. The van der Waals surface area contributed by atoms with E-state index in [2.05, 4.69) is 20.5 Å². The van der Waals surface area contributed by atoms with Crippen LogP contribution in [-0.2, 0) is 30.4 Å². The highest BCUT2D eigenvalue weighted by Gasteiger charge is 2.40. The van der Waals surface area contributed by atoms with Crippen molar-refractivity contribution in [2.75, 3.05) is 6.54 Å². The van der Waals surface area contributed by atoms with Crippen LogP contribution in [0.5, 0.6) is 0 Å². The first-order valence-electron chi connectivity index (χ1n) is 8.75. The summed E-state index contributed by atoms with van der Waals surface area (Å²) in [6.45, 7) is 3.29. The number of amides is 1. The third kappa shape index (κ3) is 4.08. The number of halogens is 3. The fourth-order valence-corrected chi connectivity index (χ4v) is 3.36. The quantitative estimate of drug-likeness (QED) is 0.769. The number of carbonyl (C=O) groups excluding carboxylic acids is 1. The van der Waals surface area contributed by atoms with Crippen LogP contribution in [0.2, 0.25) is 0 Å². The molecule has 1 aliphatic carbocycles. The van der Waals surface area contributed by atoms with E-state index in [0.29, 0.717) is 25.1 Å². The molecule has 2 N–H and O–H groups in total. The summed E-state index contributed by atoms with van der Waals surface area (Å²) in [5, 5.41) is 8.71. The van der Waals surface area contributed by atoms with Crippen molar-refractivity contribution in [2.24, 2.45) is 5.92 Å². The van der Waals surface area contributed by atoms with Crippen molar-refractivity contribution in [3.63, 3.8) is 0 Å². The first kappa shape index (κ1) is 18.5. The first-order valence-corrected chi connectivity index (χ1v) is 8.75. The molecule has 6 nitrogen and oxygen atoms in total. The maximum absolute atomic E-state index is 13.0. The molecule has 1 aliphatic rings. The Morgan fingerprint density at radius 3 is 2.92 bits per heavy atom. The van der Waals surface area contributed by atoms with Gasteiger partial charge in [0.25, 0.3) is 0 Å². The minimum atomic E-state index is -4.49. The second kappa shape index (κ2) is 7.51. The second-order valence-electron chi connectivity index (χ2n) is 6.63. The molecule has 0 spiro atoms. The van der Waals surface area contributed by atoms with Gasteiger partial charge in [0.2, 0.25) is 5.91 Å². The Hall–Kier alpha value is -2.32. The molecule has 2 heterocycles. The van der Waals surface area contributed by atoms with E-state index in [1.54, 1.807) is 6.20 Å². The summed E-state index contributed by atoms with van der Waals surface area (Å²) in [6, 6.07) is 0. The van der Waals surface area contributed by atoms with Crippen molar-refractivity contribution in [3.8, 4) is 0 Å². The molecule has 2 aromatic heterocycles. The fourth-order valence-electron chi connectivity index (χ4n) is 3.36. The first-order chi connectivity index (χ1) is 12.4. The maximum Gasteiger partial charge on any atom is 0.435 e. The predicted octanol–water partition coefficient (Wildman–Crippen LogP) is 2.63. The molecule has 0 aliphatic heterocycles. The SMILES string of the molecule is Cc1nccn1CCCCNC(=O)C1CCc2[nH]nc(C(F)(F)F)c2C1. The van der Waals surface area contributed by atoms with Crippen LogP contribution >= 0.6 is 0 Å². The molecule has 0 fully saturated rings. The molecule has 0 bridgehead atoms. The van der Waals surface area contributed by atoms with E-state index in [9.17, 15) is 18.0 Å². The predicted molar refractivity (Wildman–Crippen MR) is 88.3 cm³/mol. The number of nitrogens with one attached hydrogen (secondary N) is 2. The summed E-state index contributed by atoms with van der Waals surface area (Å²) < 4.78 is 41.0. The Labute approximate surface area is 149 Å². The van der Waals surface area contributed by atoms with Gasteiger partial charge in [0.05, 0.1) is 0 Å². The summed E-state index contributed by atoms with van der Waals surface area (Å²) in [5.41, 5.74) is -0.253. The molecule has 3 rings (SSSR count). The van der Waals surface area contributed by atoms with E-state index in [-0.39, 0.29) is 17.9 Å². The van der Waals surface area contributed by atoms with Crippen LogP contribution in [0.1, 0.15) is 42.0 Å². The van der Waals surface area contributed by atoms with Gasteiger partial charge in [-0.1, -0.05) is 0 Å². The van der Waals surface area contributed by atoms with Crippen LogP contribution in [0.25, 0.3) is 0 Å². The van der Waals surface area contributed by atoms with Gasteiger partial charge in [0.1, 0.15) is 5.82 Å². The van der Waals surface area contributed by atoms with Crippen molar-refractivity contribution in [1.82, 2.24) is 25.1 Å². The molecule has 0 aromatic carbocycles. The molecule has 2 aromatic rings. The van der Waals surface area contributed by atoms with Crippen molar-refractivity contribution >= 4 is 5.91 Å². The summed E-state index contributed by atoms with van der Waals surface area (Å²) in [7, 11) is 0. The number of carbonyl (C=O) groups is 1. The highest BCUT2D eigenvalue weighted by Crippen LogP contribution is 2.36. The third-order valence-corrected chi connectivity index (χ3v) is 4.83. The highest BCUT2D eigenvalue weighted by molar-refractivity contribution is 5.79. The van der Waals surface area contributed by atoms with E-state index in [1.165, 1.54) is 0 Å². The number of imidazole rings is 1. The Balaban J connectivity index is 1.46. The monoisotopic (exact) mass is 369 g/mol. The van der Waals surface area contributed by atoms with E-state index in [0.717, 1.165) is 25.2 Å². The fraction of sp³-hybridized carbons (Fsp3) is 0.588. The van der Waals surface area contributed by atoms with Gasteiger partial charge in [-0.15, -0.1) is 0 Å². The number of H-pyrrole nitrogens is 1. The molecule has 9 heteroatoms. The lowest BCUT2D eigenvalue weighted by Crippen LogP contribution is -2.35. The molecule has 1 atom stereocenters. The van der Waals surface area contributed by atoms with Crippen molar-refractivity contribution in [2.45, 2.75) is 51.7 Å². The van der Waals surface area contributed by atoms with Gasteiger partial charge in [-0.25, -0.2) is 4.98 Å². The number of nitrogens with zero attached hydrogens (tertiary/aromatic N) is 3. The van der Waals surface area contributed by atoms with Gasteiger partial charge < -0.3 is 9.88 Å². The number of hydrogen-bond donors (Lipinski definition) is 2. The number of aryl methyl sites for hydroxylation is 3. The number of unbranched alkanes of at least 4 members (excludes halogenated alkanes) is 1. The van der Waals surface area contributed by atoms with Crippen molar-refractivity contribution < 1.29 is 18.0 Å². The Morgan fingerprint density at radius 1 is 1.42 bits per heavy atom. The largest absolute Gasteiger partial charge is 0.435 e. The molecule has 1 amide bonds. The van der Waals surface area contributed by atoms with Gasteiger partial charge in [-0.05, 0) is 39.0 Å². The van der Waals surface area contributed by atoms with E-state index in [4.69, 9.17) is 0 Å². The minimum Gasteiger partial charge on any atom is -0.356 e. The molecule has 0 saturated heterocycles. The number of rotatable bonds is 6. The van der Waals surface area contributed by atoms with E-state index in [1.807, 2.05) is 17.7 Å². The molecule has 0 saturated carbocycles. The van der Waals surface area contributed by atoms with E-state index < -0.39 is 17.8 Å². The van der Waals surface area contributed by atoms with Crippen LogP contribution in [0.3, 0.4) is 0 Å². The van der Waals surface area contributed by atoms with Crippen molar-refractivity contribution in [1.29, 1.82) is 0 Å². The zero-order chi connectivity index (χ0) is 18.7. The third-order valence-electron chi connectivity index (χ3n) is 4.83. The molecule has 26 heavy (non-hydrogen) atoms. The second-order valence-corrected chi connectivity index (χ2v) is 6.63. The summed E-state index contributed by atoms with van der Waals surface area (Å²) >= 11 is 0. The highest BCUT2D eigenvalue weighted by atomic mass is 19.4. The van der Waals surface area contributed by atoms with Gasteiger partial charge in [-0.2, -0.15) is 18.3 Å². The number of aromatic nitrogens is 4. The zero-order valence-electron chi connectivity index (χ0n) is 14.6. The summed E-state index contributed by atoms with van der Waals surface area (Å²) in [6.07, 6.45) is 1.90. The van der Waals surface area contributed by atoms with E-state index >= 15 is 0 Å². The normalized spacial score (nSPS) is 17.2. The molecule has 1 unspecified atom stereocenters. The van der Waals surface area contributed by atoms with Crippen LogP contribution in [0.15, 0.2) is 12.4 Å². The van der Waals surface area contributed by atoms with Crippen LogP contribution in [0, 0.1) is 12.8 Å². The average Bonchev–Trinajstić information content (AvgIpc) is 3.19. The number of hydrogen-bond acceptors (Lipinski definition) is 3. The van der Waals surface area contributed by atoms with Crippen LogP contribution < -0.4 is 5.32 Å². The Kier molecular flexibility index (Phi) is 5.33. The number of alkyl halides is 3. The minimum absolute atomic E-state index is 0.0841. The number of fused-ring (bicyclic) bond motifs is 1. The lowest BCUT2D eigenvalue weighted by molar-refractivity contribution is -0.142. The molecular weight excluding hydrogens is 347 g/mol. The smallest absolute Gasteiger partial charge is 0.356 e. The molecule has 142 valence electrons. The number of aromatic amines is 1. The Bertz CT molecular complexity index is 765. The van der Waals surface area contributed by atoms with Gasteiger partial charge in [0, 0.05) is 42.7 Å². The van der Waals surface area contributed by atoms with Gasteiger partial charge >= 0.3 is 6.18 Å². The lowest BCUT2D eigenvalue weighted by Gasteiger charge is -2.22. The topological polar surface area (TPSA) is 75.6 Å². The maximum atomic E-state index is 13.0. The molecular formula is C17H22F3N5O. The standard InChI is InChI=1S/C17H22F3N5O/c1-11-21-7-9-25(11)8-3-2-6-22-16(26)12-4-5-14-13(10-12)15(24-23-14)17(18,19)20/h7,9,12H,2-6,8,10H2,1H3,(H,22,26)(H,23,24). The Morgan fingerprint density at radius 2 is 2.23 bits per heavy atom. The average molecular weight is 369 g/mol. The summed E-state index contributed by atoms with van der Waals surface area (Å²) in [5.74, 6) is 0.341. The summed E-state index contributed by atoms with van der Waals surface area (Å²) in [4.78, 5) is 16.4. The lowest BCUT2D eigenvalue weighted by atomic mass is 9.85. The van der Waals surface area contributed by atoms with Gasteiger partial charge in [0.15, 0.2) is 5.69 Å². The zero-order valence-corrected chi connectivity index (χ0v) is 14.6. The van der Waals surface area contributed by atoms with Crippen LogP contribution in [-0.4, -0.2) is 32.2 Å². The van der Waals surface area contributed by atoms with Crippen LogP contribution in [0.4, 0.5) is 13.2 Å². The van der Waals surface area contributed by atoms with Gasteiger partial charge in [-0.3, -0.25) is 9.89 Å².